The van der Waals surface area contributed by atoms with Crippen molar-refractivity contribution in [2.75, 3.05) is 11.9 Å². The van der Waals surface area contributed by atoms with Crippen LogP contribution in [-0.4, -0.2) is 37.5 Å². The number of H-pyrrole nitrogens is 1. The Kier molecular flexibility index (Phi) is 4.59. The van der Waals surface area contributed by atoms with Gasteiger partial charge in [-0.15, -0.1) is 5.10 Å². The topological polar surface area (TPSA) is 97.7 Å². The fraction of sp³-hybridized carbons (Fsp3) is 0.333. The summed E-state index contributed by atoms with van der Waals surface area (Å²) in [5, 5.41) is 13.5. The Labute approximate surface area is 126 Å². The van der Waals surface area contributed by atoms with Crippen molar-refractivity contribution in [3.63, 3.8) is 0 Å². The molecule has 0 fully saturated rings. The van der Waals surface area contributed by atoms with Crippen molar-refractivity contribution in [2.24, 2.45) is 7.05 Å². The van der Waals surface area contributed by atoms with Crippen molar-refractivity contribution in [1.29, 1.82) is 0 Å². The van der Waals surface area contributed by atoms with Crippen LogP contribution in [0.2, 0.25) is 5.15 Å². The Morgan fingerprint density at radius 2 is 2.33 bits per heavy atom. The van der Waals surface area contributed by atoms with Crippen molar-refractivity contribution < 1.29 is 9.53 Å². The van der Waals surface area contributed by atoms with Crippen LogP contribution in [0.4, 0.5) is 5.95 Å². The molecule has 2 aromatic rings. The molecule has 112 valence electrons. The van der Waals surface area contributed by atoms with Crippen LogP contribution in [0.15, 0.2) is 6.08 Å². The van der Waals surface area contributed by atoms with Crippen LogP contribution in [0.3, 0.4) is 0 Å². The molecule has 0 aliphatic rings. The van der Waals surface area contributed by atoms with Gasteiger partial charge in [0, 0.05) is 18.7 Å². The summed E-state index contributed by atoms with van der Waals surface area (Å²) in [7, 11) is 1.73. The Hall–Kier alpha value is -2.35. The normalized spacial score (nSPS) is 11.0. The lowest BCUT2D eigenvalue weighted by molar-refractivity contribution is -0.111. The second kappa shape index (κ2) is 6.40. The van der Waals surface area contributed by atoms with Crippen LogP contribution in [0.1, 0.15) is 18.2 Å². The Balaban J connectivity index is 2.02. The highest BCUT2D eigenvalue weighted by Gasteiger charge is 2.09. The van der Waals surface area contributed by atoms with E-state index in [4.69, 9.17) is 16.3 Å². The summed E-state index contributed by atoms with van der Waals surface area (Å²) in [6.45, 7) is 4.08. The van der Waals surface area contributed by atoms with E-state index in [2.05, 4.69) is 25.6 Å². The predicted molar refractivity (Wildman–Crippen MR) is 78.2 cm³/mol. The van der Waals surface area contributed by atoms with Gasteiger partial charge >= 0.3 is 6.01 Å². The average Bonchev–Trinajstić information content (AvgIpc) is 2.95. The summed E-state index contributed by atoms with van der Waals surface area (Å²) in [6.07, 6.45) is 2.94. The second-order valence-electron chi connectivity index (χ2n) is 4.14. The molecular formula is C12H15ClN6O2. The molecule has 0 spiro atoms. The molecule has 0 aliphatic heterocycles. The third-order valence-corrected chi connectivity index (χ3v) is 3.03. The van der Waals surface area contributed by atoms with E-state index in [9.17, 15) is 4.79 Å². The van der Waals surface area contributed by atoms with E-state index in [1.54, 1.807) is 17.8 Å². The van der Waals surface area contributed by atoms with Crippen molar-refractivity contribution in [1.82, 2.24) is 25.0 Å². The first kappa shape index (κ1) is 15.0. The first-order valence-corrected chi connectivity index (χ1v) is 6.62. The van der Waals surface area contributed by atoms with Crippen LogP contribution in [0.5, 0.6) is 6.01 Å². The van der Waals surface area contributed by atoms with Crippen LogP contribution in [0.25, 0.3) is 6.08 Å². The summed E-state index contributed by atoms with van der Waals surface area (Å²) >= 11 is 6.07. The SMILES string of the molecule is CCOc1n[nH]c(NC(=O)/C=C/c2c(C)nn(C)c2Cl)n1. The summed E-state index contributed by atoms with van der Waals surface area (Å²) < 4.78 is 6.62. The Bertz CT molecular complexity index is 675. The number of aromatic nitrogens is 5. The highest BCUT2D eigenvalue weighted by atomic mass is 35.5. The van der Waals surface area contributed by atoms with Gasteiger partial charge in [-0.05, 0) is 19.9 Å². The number of aromatic amines is 1. The minimum Gasteiger partial charge on any atom is -0.463 e. The number of halogens is 1. The molecule has 1 amide bonds. The maximum atomic E-state index is 11.8. The molecule has 8 nitrogen and oxygen atoms in total. The predicted octanol–water partition coefficient (Wildman–Crippen LogP) is 1.55. The third kappa shape index (κ3) is 3.60. The lowest BCUT2D eigenvalue weighted by Crippen LogP contribution is -2.09. The lowest BCUT2D eigenvalue weighted by atomic mass is 10.2. The number of carbonyl (C=O) groups is 1. The van der Waals surface area contributed by atoms with E-state index in [-0.39, 0.29) is 17.9 Å². The van der Waals surface area contributed by atoms with Gasteiger partial charge in [0.1, 0.15) is 5.15 Å². The molecule has 0 bridgehead atoms. The summed E-state index contributed by atoms with van der Waals surface area (Å²) in [4.78, 5) is 15.7. The first-order valence-electron chi connectivity index (χ1n) is 6.24. The maximum absolute atomic E-state index is 11.8. The fourth-order valence-electron chi connectivity index (χ4n) is 1.65. The minimum absolute atomic E-state index is 0.183. The van der Waals surface area contributed by atoms with Gasteiger partial charge in [0.15, 0.2) is 0 Å². The summed E-state index contributed by atoms with van der Waals surface area (Å²) in [5.41, 5.74) is 1.44. The number of nitrogens with zero attached hydrogens (tertiary/aromatic N) is 4. The number of amides is 1. The average molecular weight is 311 g/mol. The molecule has 2 heterocycles. The number of ether oxygens (including phenoxy) is 1. The van der Waals surface area contributed by atoms with Gasteiger partial charge in [-0.1, -0.05) is 11.6 Å². The molecule has 0 radical (unpaired) electrons. The molecular weight excluding hydrogens is 296 g/mol. The van der Waals surface area contributed by atoms with Gasteiger partial charge in [-0.25, -0.2) is 5.10 Å². The van der Waals surface area contributed by atoms with Crippen molar-refractivity contribution in [2.45, 2.75) is 13.8 Å². The monoisotopic (exact) mass is 310 g/mol. The van der Waals surface area contributed by atoms with E-state index in [0.29, 0.717) is 17.3 Å². The van der Waals surface area contributed by atoms with E-state index < -0.39 is 0 Å². The molecule has 21 heavy (non-hydrogen) atoms. The highest BCUT2D eigenvalue weighted by Crippen LogP contribution is 2.19. The van der Waals surface area contributed by atoms with E-state index in [1.807, 2.05) is 13.8 Å². The van der Waals surface area contributed by atoms with Crippen LogP contribution < -0.4 is 10.1 Å². The molecule has 0 aliphatic carbocycles. The molecule has 0 aromatic carbocycles. The van der Waals surface area contributed by atoms with Crippen LogP contribution >= 0.6 is 11.6 Å². The Morgan fingerprint density at radius 1 is 1.57 bits per heavy atom. The molecule has 2 rings (SSSR count). The van der Waals surface area contributed by atoms with Crippen molar-refractivity contribution in [3.05, 3.63) is 22.5 Å². The largest absolute Gasteiger partial charge is 0.463 e. The number of carbonyl (C=O) groups excluding carboxylic acids is 1. The molecule has 2 N–H and O–H groups in total. The molecule has 9 heteroatoms. The van der Waals surface area contributed by atoms with Crippen molar-refractivity contribution >= 4 is 29.5 Å². The molecule has 0 saturated heterocycles. The fourth-order valence-corrected chi connectivity index (χ4v) is 1.89. The Morgan fingerprint density at radius 3 is 2.95 bits per heavy atom. The number of hydrogen-bond acceptors (Lipinski definition) is 5. The lowest BCUT2D eigenvalue weighted by Gasteiger charge is -1.96. The van der Waals surface area contributed by atoms with E-state index in [1.165, 1.54) is 6.08 Å². The molecule has 0 atom stereocenters. The zero-order valence-corrected chi connectivity index (χ0v) is 12.6. The van der Waals surface area contributed by atoms with Gasteiger partial charge < -0.3 is 4.74 Å². The number of hydrogen-bond donors (Lipinski definition) is 2. The number of rotatable bonds is 5. The summed E-state index contributed by atoms with van der Waals surface area (Å²) in [5.74, 6) is -0.157. The standard InChI is InChI=1S/C12H15ClN6O2/c1-4-21-12-15-11(16-17-12)14-9(20)6-5-8-7(2)18-19(3)10(8)13/h5-6H,4H2,1-3H3,(H2,14,15,16,17,20)/b6-5+. The number of aryl methyl sites for hydroxylation is 2. The number of nitrogens with one attached hydrogen (secondary N) is 2. The van der Waals surface area contributed by atoms with Crippen molar-refractivity contribution in [3.8, 4) is 6.01 Å². The molecule has 0 unspecified atom stereocenters. The van der Waals surface area contributed by atoms with Gasteiger partial charge in [0.2, 0.25) is 5.95 Å². The minimum atomic E-state index is -0.367. The summed E-state index contributed by atoms with van der Waals surface area (Å²) in [6, 6.07) is 0.183. The third-order valence-electron chi connectivity index (χ3n) is 2.58. The number of anilines is 1. The second-order valence-corrected chi connectivity index (χ2v) is 4.49. The van der Waals surface area contributed by atoms with Gasteiger partial charge in [-0.3, -0.25) is 14.8 Å². The highest BCUT2D eigenvalue weighted by molar-refractivity contribution is 6.31. The molecule has 2 aromatic heterocycles. The quantitative estimate of drug-likeness (QED) is 0.817. The maximum Gasteiger partial charge on any atom is 0.337 e. The van der Waals surface area contributed by atoms with E-state index in [0.717, 1.165) is 5.69 Å². The van der Waals surface area contributed by atoms with Crippen LogP contribution in [-0.2, 0) is 11.8 Å². The van der Waals surface area contributed by atoms with Gasteiger partial charge in [0.05, 0.1) is 12.3 Å². The first-order chi connectivity index (χ1) is 10.0. The van der Waals surface area contributed by atoms with Gasteiger partial charge in [0.25, 0.3) is 5.91 Å². The van der Waals surface area contributed by atoms with E-state index >= 15 is 0 Å². The van der Waals surface area contributed by atoms with Crippen LogP contribution in [0, 0.1) is 6.92 Å². The molecule has 0 saturated carbocycles. The zero-order valence-electron chi connectivity index (χ0n) is 11.8. The smallest absolute Gasteiger partial charge is 0.337 e. The van der Waals surface area contributed by atoms with Gasteiger partial charge in [-0.2, -0.15) is 10.1 Å². The zero-order chi connectivity index (χ0) is 15.4.